The molecule has 2 N–H and O–H groups in total. The minimum absolute atomic E-state index is 0.459. The molecular weight excluding hydrogens is 264 g/mol. The molecule has 0 bridgehead atoms. The van der Waals surface area contributed by atoms with E-state index in [1.807, 2.05) is 0 Å². The molecule has 3 aliphatic rings. The standard InChI is InChI=1S/C17H30N2O2/c1-2-19(14-6-4-3-5-7-14)15-10-11-17(12-15,16(20)21)18-13-8-9-13/h13-15,18H,2-12H2,1H3,(H,20,21). The van der Waals surface area contributed by atoms with E-state index >= 15 is 0 Å². The lowest BCUT2D eigenvalue weighted by atomic mass is 9.92. The van der Waals surface area contributed by atoms with Crippen LogP contribution < -0.4 is 5.32 Å². The van der Waals surface area contributed by atoms with Crippen LogP contribution in [0.2, 0.25) is 0 Å². The third-order valence-corrected chi connectivity index (χ3v) is 5.83. The summed E-state index contributed by atoms with van der Waals surface area (Å²) < 4.78 is 0. The predicted molar refractivity (Wildman–Crippen MR) is 83.4 cm³/mol. The molecule has 3 aliphatic carbocycles. The molecule has 0 heterocycles. The fraction of sp³-hybridized carbons (Fsp3) is 0.941. The van der Waals surface area contributed by atoms with Crippen molar-refractivity contribution in [2.45, 2.75) is 94.8 Å². The molecule has 2 unspecified atom stereocenters. The maximum atomic E-state index is 11.8. The Kier molecular flexibility index (Phi) is 4.55. The first-order valence-corrected chi connectivity index (χ1v) is 8.91. The highest BCUT2D eigenvalue weighted by Crippen LogP contribution is 2.38. The zero-order valence-corrected chi connectivity index (χ0v) is 13.3. The van der Waals surface area contributed by atoms with E-state index in [-0.39, 0.29) is 0 Å². The normalized spacial score (nSPS) is 34.5. The second-order valence-corrected chi connectivity index (χ2v) is 7.32. The van der Waals surface area contributed by atoms with E-state index in [0.29, 0.717) is 18.1 Å². The smallest absolute Gasteiger partial charge is 0.323 e. The van der Waals surface area contributed by atoms with Crippen LogP contribution in [0, 0.1) is 0 Å². The fourth-order valence-corrected chi connectivity index (χ4v) is 4.54. The number of carbonyl (C=O) groups is 1. The molecule has 4 nitrogen and oxygen atoms in total. The number of carboxylic acids is 1. The average Bonchev–Trinajstić information content (AvgIpc) is 3.19. The van der Waals surface area contributed by atoms with Gasteiger partial charge in [-0.25, -0.2) is 0 Å². The van der Waals surface area contributed by atoms with Gasteiger partial charge in [0.15, 0.2) is 0 Å². The Labute approximate surface area is 128 Å². The summed E-state index contributed by atoms with van der Waals surface area (Å²) in [5.74, 6) is -0.628. The van der Waals surface area contributed by atoms with Gasteiger partial charge in [0.2, 0.25) is 0 Å². The SMILES string of the molecule is CCN(C1CCCCC1)C1CCC(NC2CC2)(C(=O)O)C1. The second-order valence-electron chi connectivity index (χ2n) is 7.32. The number of hydrogen-bond acceptors (Lipinski definition) is 3. The summed E-state index contributed by atoms with van der Waals surface area (Å²) >= 11 is 0. The zero-order chi connectivity index (χ0) is 14.9. The predicted octanol–water partition coefficient (Wildman–Crippen LogP) is 2.77. The molecule has 21 heavy (non-hydrogen) atoms. The van der Waals surface area contributed by atoms with Gasteiger partial charge in [-0.15, -0.1) is 0 Å². The van der Waals surface area contributed by atoms with E-state index in [2.05, 4.69) is 17.1 Å². The van der Waals surface area contributed by atoms with Crippen LogP contribution in [-0.2, 0) is 4.79 Å². The maximum Gasteiger partial charge on any atom is 0.323 e. The minimum Gasteiger partial charge on any atom is -0.480 e. The first kappa shape index (κ1) is 15.3. The van der Waals surface area contributed by atoms with Crippen LogP contribution in [0.15, 0.2) is 0 Å². The van der Waals surface area contributed by atoms with Gasteiger partial charge in [-0.2, -0.15) is 0 Å². The molecule has 120 valence electrons. The lowest BCUT2D eigenvalue weighted by molar-refractivity contribution is -0.145. The topological polar surface area (TPSA) is 52.6 Å². The molecule has 0 amide bonds. The van der Waals surface area contributed by atoms with Crippen molar-refractivity contribution in [3.8, 4) is 0 Å². The number of rotatable bonds is 6. The van der Waals surface area contributed by atoms with Gasteiger partial charge in [-0.1, -0.05) is 26.2 Å². The van der Waals surface area contributed by atoms with Crippen molar-refractivity contribution in [1.82, 2.24) is 10.2 Å². The zero-order valence-electron chi connectivity index (χ0n) is 13.3. The average molecular weight is 294 g/mol. The monoisotopic (exact) mass is 294 g/mol. The number of carboxylic acid groups (broad SMARTS) is 1. The molecule has 3 rings (SSSR count). The van der Waals surface area contributed by atoms with Gasteiger partial charge in [0.1, 0.15) is 5.54 Å². The number of hydrogen-bond donors (Lipinski definition) is 2. The molecule has 0 radical (unpaired) electrons. The van der Waals surface area contributed by atoms with Crippen LogP contribution in [-0.4, -0.2) is 46.2 Å². The molecule has 0 aliphatic heterocycles. The van der Waals surface area contributed by atoms with Gasteiger partial charge < -0.3 is 5.11 Å². The van der Waals surface area contributed by atoms with Gasteiger partial charge in [0.05, 0.1) is 0 Å². The van der Waals surface area contributed by atoms with Crippen LogP contribution in [0.5, 0.6) is 0 Å². The summed E-state index contributed by atoms with van der Waals surface area (Å²) in [7, 11) is 0. The highest BCUT2D eigenvalue weighted by Gasteiger charge is 2.49. The summed E-state index contributed by atoms with van der Waals surface area (Å²) in [5.41, 5.74) is -0.645. The highest BCUT2D eigenvalue weighted by atomic mass is 16.4. The largest absolute Gasteiger partial charge is 0.480 e. The summed E-state index contributed by atoms with van der Waals surface area (Å²) in [6, 6.07) is 1.62. The van der Waals surface area contributed by atoms with Crippen LogP contribution in [0.25, 0.3) is 0 Å². The molecule has 0 aromatic rings. The maximum absolute atomic E-state index is 11.8. The molecule has 4 heteroatoms. The van der Waals surface area contributed by atoms with Crippen molar-refractivity contribution in [2.24, 2.45) is 0 Å². The molecule has 3 fully saturated rings. The van der Waals surface area contributed by atoms with Crippen molar-refractivity contribution in [3.63, 3.8) is 0 Å². The van der Waals surface area contributed by atoms with E-state index in [4.69, 9.17) is 0 Å². The van der Waals surface area contributed by atoms with Crippen LogP contribution in [0.1, 0.15) is 71.1 Å². The Hall–Kier alpha value is -0.610. The summed E-state index contributed by atoms with van der Waals surface area (Å²) in [4.78, 5) is 14.5. The van der Waals surface area contributed by atoms with Crippen molar-refractivity contribution in [3.05, 3.63) is 0 Å². The molecule has 0 spiro atoms. The molecule has 3 saturated carbocycles. The Bertz CT molecular complexity index is 377. The lowest BCUT2D eigenvalue weighted by Gasteiger charge is -2.38. The lowest BCUT2D eigenvalue weighted by Crippen LogP contribution is -2.53. The Morgan fingerprint density at radius 2 is 1.86 bits per heavy atom. The molecular formula is C17H30N2O2. The fourth-order valence-electron chi connectivity index (χ4n) is 4.54. The van der Waals surface area contributed by atoms with E-state index in [0.717, 1.165) is 38.6 Å². The molecule has 2 atom stereocenters. The van der Waals surface area contributed by atoms with Crippen molar-refractivity contribution in [1.29, 1.82) is 0 Å². The summed E-state index contributed by atoms with van der Waals surface area (Å²) in [6.45, 7) is 3.30. The van der Waals surface area contributed by atoms with Crippen LogP contribution in [0.3, 0.4) is 0 Å². The molecule has 0 aromatic carbocycles. The molecule has 0 saturated heterocycles. The van der Waals surface area contributed by atoms with Gasteiger partial charge in [0.25, 0.3) is 0 Å². The number of nitrogens with one attached hydrogen (secondary N) is 1. The molecule has 0 aromatic heterocycles. The third kappa shape index (κ3) is 3.26. The summed E-state index contributed by atoms with van der Waals surface area (Å²) in [5, 5.41) is 13.2. The van der Waals surface area contributed by atoms with E-state index in [1.54, 1.807) is 0 Å². The van der Waals surface area contributed by atoms with Crippen molar-refractivity contribution in [2.75, 3.05) is 6.54 Å². The Balaban J connectivity index is 1.66. The first-order chi connectivity index (χ1) is 10.1. The Morgan fingerprint density at radius 1 is 1.14 bits per heavy atom. The van der Waals surface area contributed by atoms with E-state index < -0.39 is 11.5 Å². The van der Waals surface area contributed by atoms with Crippen molar-refractivity contribution < 1.29 is 9.90 Å². The second kappa shape index (κ2) is 6.25. The minimum atomic E-state index is -0.645. The van der Waals surface area contributed by atoms with Gasteiger partial charge in [0, 0.05) is 18.1 Å². The Morgan fingerprint density at radius 3 is 2.43 bits per heavy atom. The van der Waals surface area contributed by atoms with Crippen LogP contribution >= 0.6 is 0 Å². The first-order valence-electron chi connectivity index (χ1n) is 8.91. The van der Waals surface area contributed by atoms with Gasteiger partial charge >= 0.3 is 5.97 Å². The van der Waals surface area contributed by atoms with E-state index in [9.17, 15) is 9.90 Å². The summed E-state index contributed by atoms with van der Waals surface area (Å²) in [6.07, 6.45) is 11.6. The van der Waals surface area contributed by atoms with Gasteiger partial charge in [-0.3, -0.25) is 15.0 Å². The van der Waals surface area contributed by atoms with Crippen LogP contribution in [0.4, 0.5) is 0 Å². The highest BCUT2D eigenvalue weighted by molar-refractivity contribution is 5.79. The number of aliphatic carboxylic acids is 1. The number of nitrogens with zero attached hydrogens (tertiary/aromatic N) is 1. The van der Waals surface area contributed by atoms with Gasteiger partial charge in [-0.05, 0) is 51.5 Å². The third-order valence-electron chi connectivity index (χ3n) is 5.83. The van der Waals surface area contributed by atoms with E-state index in [1.165, 1.54) is 32.1 Å². The van der Waals surface area contributed by atoms with Crippen molar-refractivity contribution >= 4 is 5.97 Å². The quantitative estimate of drug-likeness (QED) is 0.791.